The Labute approximate surface area is 148 Å². The molecule has 2 N–H and O–H groups in total. The molecular weight excluding hydrogens is 349 g/mol. The van der Waals surface area contributed by atoms with Gasteiger partial charge in [0.25, 0.3) is 5.56 Å². The van der Waals surface area contributed by atoms with Gasteiger partial charge in [-0.15, -0.1) is 0 Å². The molecule has 5 nitrogen and oxygen atoms in total. The molecule has 0 unspecified atom stereocenters. The number of nitrogens with zero attached hydrogens (tertiary/aromatic N) is 1. The molecule has 0 saturated heterocycles. The Kier molecular flexibility index (Phi) is 5.56. The van der Waals surface area contributed by atoms with Crippen molar-refractivity contribution in [3.63, 3.8) is 0 Å². The van der Waals surface area contributed by atoms with E-state index in [1.165, 1.54) is 49.9 Å². The van der Waals surface area contributed by atoms with Crippen molar-refractivity contribution in [2.75, 3.05) is 7.05 Å². The fourth-order valence-electron chi connectivity index (χ4n) is 2.68. The number of aromatic nitrogens is 1. The standard InChI is InChI=1S/C18H19F3N2O3/c1-10-8-13(18(19,20)21)15(16(24)23(10)3)12-6-4-11(5-7-12)9-14(22-2)17(25)26/h4-8,14,22H,9H2,1-3H3,(H,25,26)/t14-/m1/s1. The number of benzene rings is 1. The average Bonchev–Trinajstić information content (AvgIpc) is 2.57. The molecule has 2 aromatic rings. The molecule has 0 spiro atoms. The maximum atomic E-state index is 13.4. The molecule has 0 aliphatic carbocycles. The van der Waals surface area contributed by atoms with Gasteiger partial charge in [-0.25, -0.2) is 0 Å². The van der Waals surface area contributed by atoms with E-state index in [2.05, 4.69) is 5.32 Å². The van der Waals surface area contributed by atoms with Crippen molar-refractivity contribution in [2.24, 2.45) is 7.05 Å². The molecule has 1 atom stereocenters. The second kappa shape index (κ2) is 7.33. The monoisotopic (exact) mass is 368 g/mol. The van der Waals surface area contributed by atoms with E-state index in [-0.39, 0.29) is 17.7 Å². The lowest BCUT2D eigenvalue weighted by Gasteiger charge is -2.16. The first kappa shape index (κ1) is 19.7. The summed E-state index contributed by atoms with van der Waals surface area (Å²) in [5, 5.41) is 11.7. The van der Waals surface area contributed by atoms with Crippen molar-refractivity contribution in [1.29, 1.82) is 0 Å². The van der Waals surface area contributed by atoms with Gasteiger partial charge in [0.2, 0.25) is 0 Å². The minimum atomic E-state index is -4.66. The van der Waals surface area contributed by atoms with Gasteiger partial charge in [0, 0.05) is 12.7 Å². The number of halogens is 3. The number of likely N-dealkylation sites (N-methyl/N-ethyl adjacent to an activating group) is 1. The highest BCUT2D eigenvalue weighted by atomic mass is 19.4. The van der Waals surface area contributed by atoms with Crippen molar-refractivity contribution in [3.05, 3.63) is 57.5 Å². The highest BCUT2D eigenvalue weighted by Crippen LogP contribution is 2.35. The minimum absolute atomic E-state index is 0.137. The SMILES string of the molecule is CN[C@H](Cc1ccc(-c2c(C(F)(F)F)cc(C)n(C)c2=O)cc1)C(=O)O. The van der Waals surface area contributed by atoms with E-state index in [0.29, 0.717) is 5.56 Å². The largest absolute Gasteiger partial charge is 0.480 e. The third-order valence-electron chi connectivity index (χ3n) is 4.30. The average molecular weight is 368 g/mol. The summed E-state index contributed by atoms with van der Waals surface area (Å²) < 4.78 is 41.3. The number of carboxylic acid groups (broad SMARTS) is 1. The number of aliphatic carboxylic acids is 1. The van der Waals surface area contributed by atoms with Gasteiger partial charge in [-0.1, -0.05) is 24.3 Å². The Hall–Kier alpha value is -2.61. The predicted octanol–water partition coefficient (Wildman–Crippen LogP) is 2.59. The number of pyridine rings is 1. The van der Waals surface area contributed by atoms with Crippen LogP contribution in [-0.4, -0.2) is 28.7 Å². The van der Waals surface area contributed by atoms with Crippen LogP contribution in [0.5, 0.6) is 0 Å². The Balaban J connectivity index is 2.51. The molecule has 26 heavy (non-hydrogen) atoms. The Bertz CT molecular complexity index is 871. The molecule has 2 rings (SSSR count). The predicted molar refractivity (Wildman–Crippen MR) is 91.0 cm³/mol. The minimum Gasteiger partial charge on any atom is -0.480 e. The lowest BCUT2D eigenvalue weighted by Crippen LogP contribution is -2.35. The fraction of sp³-hybridized carbons (Fsp3) is 0.333. The van der Waals surface area contributed by atoms with E-state index in [1.54, 1.807) is 0 Å². The van der Waals surface area contributed by atoms with Gasteiger partial charge in [0.15, 0.2) is 0 Å². The molecule has 0 aliphatic rings. The van der Waals surface area contributed by atoms with Gasteiger partial charge in [-0.2, -0.15) is 13.2 Å². The first-order valence-corrected chi connectivity index (χ1v) is 7.83. The number of nitrogens with one attached hydrogen (secondary N) is 1. The first-order valence-electron chi connectivity index (χ1n) is 7.83. The van der Waals surface area contributed by atoms with Crippen LogP contribution in [0.3, 0.4) is 0 Å². The Morgan fingerprint density at radius 3 is 2.31 bits per heavy atom. The molecule has 8 heteroatoms. The quantitative estimate of drug-likeness (QED) is 0.851. The zero-order valence-corrected chi connectivity index (χ0v) is 14.5. The van der Waals surface area contributed by atoms with Crippen LogP contribution < -0.4 is 10.9 Å². The Morgan fingerprint density at radius 2 is 1.85 bits per heavy atom. The molecule has 0 fully saturated rings. The summed E-state index contributed by atoms with van der Waals surface area (Å²) in [5.74, 6) is -1.02. The number of carbonyl (C=O) groups is 1. The van der Waals surface area contributed by atoms with Crippen LogP contribution in [0.15, 0.2) is 35.1 Å². The van der Waals surface area contributed by atoms with Crippen molar-refractivity contribution >= 4 is 5.97 Å². The summed E-state index contributed by atoms with van der Waals surface area (Å²) in [5.41, 5.74) is -1.15. The maximum Gasteiger partial charge on any atom is 0.417 e. The summed E-state index contributed by atoms with van der Waals surface area (Å²) in [7, 11) is 2.93. The number of rotatable bonds is 5. The first-order chi connectivity index (χ1) is 12.1. The summed E-state index contributed by atoms with van der Waals surface area (Å²) in [6, 6.07) is 6.02. The van der Waals surface area contributed by atoms with Gasteiger partial charge in [-0.3, -0.25) is 9.59 Å². The van der Waals surface area contributed by atoms with E-state index in [0.717, 1.165) is 6.07 Å². The third kappa shape index (κ3) is 3.96. The highest BCUT2D eigenvalue weighted by molar-refractivity contribution is 5.74. The summed E-state index contributed by atoms with van der Waals surface area (Å²) in [6.07, 6.45) is -4.49. The van der Waals surface area contributed by atoms with Crippen LogP contribution in [0, 0.1) is 6.92 Å². The third-order valence-corrected chi connectivity index (χ3v) is 4.30. The Morgan fingerprint density at radius 1 is 1.27 bits per heavy atom. The molecule has 0 bridgehead atoms. The smallest absolute Gasteiger partial charge is 0.417 e. The summed E-state index contributed by atoms with van der Waals surface area (Å²) in [6.45, 7) is 1.44. The normalized spacial score (nSPS) is 12.8. The number of hydrogen-bond donors (Lipinski definition) is 2. The lowest BCUT2D eigenvalue weighted by atomic mass is 9.97. The molecule has 1 aromatic heterocycles. The van der Waals surface area contributed by atoms with Gasteiger partial charge in [-0.05, 0) is 37.6 Å². The molecule has 140 valence electrons. The van der Waals surface area contributed by atoms with Gasteiger partial charge in [0.05, 0.1) is 11.1 Å². The molecule has 0 aliphatic heterocycles. The van der Waals surface area contributed by atoms with Crippen LogP contribution in [0.1, 0.15) is 16.8 Å². The number of aryl methyl sites for hydroxylation is 1. The maximum absolute atomic E-state index is 13.4. The van der Waals surface area contributed by atoms with E-state index in [9.17, 15) is 22.8 Å². The highest BCUT2D eigenvalue weighted by Gasteiger charge is 2.36. The molecule has 1 heterocycles. The zero-order chi connectivity index (χ0) is 19.6. The van der Waals surface area contributed by atoms with Gasteiger partial charge >= 0.3 is 12.1 Å². The van der Waals surface area contributed by atoms with Gasteiger partial charge < -0.3 is 15.0 Å². The van der Waals surface area contributed by atoms with Crippen molar-refractivity contribution in [1.82, 2.24) is 9.88 Å². The van der Waals surface area contributed by atoms with Gasteiger partial charge in [0.1, 0.15) is 6.04 Å². The van der Waals surface area contributed by atoms with E-state index < -0.39 is 34.9 Å². The van der Waals surface area contributed by atoms with E-state index >= 15 is 0 Å². The molecule has 1 aromatic carbocycles. The van der Waals surface area contributed by atoms with E-state index in [4.69, 9.17) is 5.11 Å². The number of hydrogen-bond acceptors (Lipinski definition) is 3. The molecule has 0 radical (unpaired) electrons. The summed E-state index contributed by atoms with van der Waals surface area (Å²) >= 11 is 0. The zero-order valence-electron chi connectivity index (χ0n) is 14.5. The summed E-state index contributed by atoms with van der Waals surface area (Å²) in [4.78, 5) is 23.5. The van der Waals surface area contributed by atoms with Crippen molar-refractivity contribution < 1.29 is 23.1 Å². The lowest BCUT2D eigenvalue weighted by molar-refractivity contribution is -0.139. The van der Waals surface area contributed by atoms with Crippen LogP contribution in [0.25, 0.3) is 11.1 Å². The van der Waals surface area contributed by atoms with Crippen molar-refractivity contribution in [2.45, 2.75) is 25.6 Å². The molecule has 0 amide bonds. The molecule has 0 saturated carbocycles. The van der Waals surface area contributed by atoms with Crippen LogP contribution in [-0.2, 0) is 24.4 Å². The second-order valence-electron chi connectivity index (χ2n) is 6.02. The topological polar surface area (TPSA) is 71.3 Å². The van der Waals surface area contributed by atoms with Crippen LogP contribution in [0.2, 0.25) is 0 Å². The fourth-order valence-corrected chi connectivity index (χ4v) is 2.68. The van der Waals surface area contributed by atoms with E-state index in [1.807, 2.05) is 0 Å². The van der Waals surface area contributed by atoms with Crippen LogP contribution in [0.4, 0.5) is 13.2 Å². The van der Waals surface area contributed by atoms with Crippen LogP contribution >= 0.6 is 0 Å². The second-order valence-corrected chi connectivity index (χ2v) is 6.02. The number of alkyl halides is 3. The number of carboxylic acids is 1. The van der Waals surface area contributed by atoms with Crippen molar-refractivity contribution in [3.8, 4) is 11.1 Å². The molecular formula is C18H19F3N2O3.